The van der Waals surface area contributed by atoms with Gasteiger partial charge in [-0.1, -0.05) is 284 Å². The lowest BCUT2D eigenvalue weighted by Crippen LogP contribution is -2.28. The lowest BCUT2D eigenvalue weighted by Gasteiger charge is -2.15. The van der Waals surface area contributed by atoms with E-state index >= 15 is 0 Å². The van der Waals surface area contributed by atoms with E-state index in [4.69, 9.17) is 9.47 Å². The van der Waals surface area contributed by atoms with Crippen molar-refractivity contribution in [2.45, 2.75) is 302 Å². The summed E-state index contributed by atoms with van der Waals surface area (Å²) in [6.45, 7) is 4.02. The molecule has 5 nitrogen and oxygen atoms in total. The van der Waals surface area contributed by atoms with Crippen molar-refractivity contribution in [2.24, 2.45) is 0 Å². The van der Waals surface area contributed by atoms with Crippen molar-refractivity contribution in [3.63, 3.8) is 0 Å². The molecule has 0 aliphatic carbocycles. The molecule has 0 saturated carbocycles. The highest BCUT2D eigenvalue weighted by Gasteiger charge is 2.16. The molecule has 0 aromatic rings. The van der Waals surface area contributed by atoms with Gasteiger partial charge in [0.25, 0.3) is 0 Å². The number of hydrogen-bond donors (Lipinski definition) is 1. The summed E-state index contributed by atoms with van der Waals surface area (Å²) in [6, 6.07) is 0. The topological polar surface area (TPSA) is 72.8 Å². The van der Waals surface area contributed by atoms with Crippen LogP contribution in [0.2, 0.25) is 0 Å². The number of allylic oxidation sites excluding steroid dienone is 16. The normalized spacial score (nSPS) is 12.9. The van der Waals surface area contributed by atoms with Crippen LogP contribution in [0.3, 0.4) is 0 Å². The fourth-order valence-corrected chi connectivity index (χ4v) is 8.77. The predicted molar refractivity (Wildman–Crippen MR) is 316 cm³/mol. The monoisotopic (exact) mass is 1000 g/mol. The van der Waals surface area contributed by atoms with E-state index in [0.29, 0.717) is 12.8 Å². The molecule has 0 aliphatic heterocycles. The van der Waals surface area contributed by atoms with Gasteiger partial charge in [0, 0.05) is 12.8 Å². The summed E-state index contributed by atoms with van der Waals surface area (Å²) in [4.78, 5) is 24.5. The minimum Gasteiger partial charge on any atom is -0.462 e. The highest BCUT2D eigenvalue weighted by atomic mass is 16.6. The van der Waals surface area contributed by atoms with Gasteiger partial charge in [0.15, 0.2) is 6.10 Å². The molecule has 0 radical (unpaired) electrons. The van der Waals surface area contributed by atoms with E-state index in [9.17, 15) is 14.7 Å². The molecular weight excluding hydrogens is 885 g/mol. The third-order valence-electron chi connectivity index (χ3n) is 13.4. The molecule has 72 heavy (non-hydrogen) atoms. The van der Waals surface area contributed by atoms with E-state index in [1.165, 1.54) is 173 Å². The third-order valence-corrected chi connectivity index (χ3v) is 13.4. The van der Waals surface area contributed by atoms with Crippen molar-refractivity contribution >= 4 is 11.9 Å². The maximum absolute atomic E-state index is 12.3. The number of carbonyl (C=O) groups excluding carboxylic acids is 2. The lowest BCUT2D eigenvalue weighted by molar-refractivity contribution is -0.161. The molecule has 0 amide bonds. The van der Waals surface area contributed by atoms with Crippen LogP contribution in [0.25, 0.3) is 0 Å². The summed E-state index contributed by atoms with van der Waals surface area (Å²) in [6.07, 6.45) is 88.4. The zero-order valence-corrected chi connectivity index (χ0v) is 47.4. The van der Waals surface area contributed by atoms with Crippen LogP contribution in [-0.4, -0.2) is 36.4 Å². The first kappa shape index (κ1) is 68.8. The molecule has 0 spiro atoms. The Labute approximate surface area is 447 Å². The molecule has 0 fully saturated rings. The number of rotatable bonds is 56. The Morgan fingerprint density at radius 2 is 0.597 bits per heavy atom. The van der Waals surface area contributed by atoms with Gasteiger partial charge in [0.2, 0.25) is 0 Å². The third kappa shape index (κ3) is 59.4. The SMILES string of the molecule is CC/C=C\C/C=C\C/C=C\C/C=C\C/C=C\C/C=C\CCCCCCC(=O)OC(CO)COC(=O)CCCCCCCCCCCCCCCCCCCCCCCCC/C=C\C/C=C\CCCCCCC. The number of esters is 2. The summed E-state index contributed by atoms with van der Waals surface area (Å²) in [5.74, 6) is -0.614. The van der Waals surface area contributed by atoms with Crippen LogP contribution in [0, 0.1) is 0 Å². The summed E-state index contributed by atoms with van der Waals surface area (Å²) in [5, 5.41) is 9.66. The number of aliphatic hydroxyl groups excluding tert-OH is 1. The van der Waals surface area contributed by atoms with Crippen LogP contribution in [-0.2, 0) is 19.1 Å². The summed E-state index contributed by atoms with van der Waals surface area (Å²) in [5.41, 5.74) is 0. The zero-order chi connectivity index (χ0) is 52.0. The van der Waals surface area contributed by atoms with E-state index < -0.39 is 6.10 Å². The molecule has 0 aromatic heterocycles. The average Bonchev–Trinajstić information content (AvgIpc) is 3.38. The number of carbonyl (C=O) groups is 2. The van der Waals surface area contributed by atoms with Gasteiger partial charge >= 0.3 is 11.9 Å². The number of ether oxygens (including phenoxy) is 2. The highest BCUT2D eigenvalue weighted by Crippen LogP contribution is 2.17. The molecule has 1 unspecified atom stereocenters. The van der Waals surface area contributed by atoms with E-state index in [2.05, 4.69) is 111 Å². The maximum Gasteiger partial charge on any atom is 0.306 e. The second-order valence-corrected chi connectivity index (χ2v) is 20.4. The van der Waals surface area contributed by atoms with Gasteiger partial charge in [0.05, 0.1) is 6.61 Å². The zero-order valence-electron chi connectivity index (χ0n) is 47.4. The van der Waals surface area contributed by atoms with Crippen molar-refractivity contribution in [3.8, 4) is 0 Å². The highest BCUT2D eigenvalue weighted by molar-refractivity contribution is 5.70. The smallest absolute Gasteiger partial charge is 0.306 e. The van der Waals surface area contributed by atoms with Crippen LogP contribution < -0.4 is 0 Å². The Morgan fingerprint density at radius 3 is 0.903 bits per heavy atom. The van der Waals surface area contributed by atoms with Crippen LogP contribution in [0.1, 0.15) is 296 Å². The van der Waals surface area contributed by atoms with Gasteiger partial charge < -0.3 is 14.6 Å². The van der Waals surface area contributed by atoms with E-state index in [0.717, 1.165) is 96.3 Å². The minimum absolute atomic E-state index is 0.0788. The molecule has 0 rings (SSSR count). The first-order valence-electron chi connectivity index (χ1n) is 30.8. The van der Waals surface area contributed by atoms with E-state index in [-0.39, 0.29) is 25.2 Å². The van der Waals surface area contributed by atoms with Crippen molar-refractivity contribution in [3.05, 3.63) is 97.2 Å². The van der Waals surface area contributed by atoms with Gasteiger partial charge in [-0.25, -0.2) is 0 Å². The summed E-state index contributed by atoms with van der Waals surface area (Å²) >= 11 is 0. The van der Waals surface area contributed by atoms with Crippen LogP contribution in [0.4, 0.5) is 0 Å². The number of aliphatic hydroxyl groups is 1. The molecule has 1 atom stereocenters. The molecule has 5 heteroatoms. The second kappa shape index (κ2) is 62.1. The van der Waals surface area contributed by atoms with Crippen molar-refractivity contribution in [1.29, 1.82) is 0 Å². The predicted octanol–water partition coefficient (Wildman–Crippen LogP) is 21.1. The van der Waals surface area contributed by atoms with Crippen LogP contribution in [0.15, 0.2) is 97.2 Å². The van der Waals surface area contributed by atoms with Crippen LogP contribution >= 0.6 is 0 Å². The Hall–Kier alpha value is -3.18. The molecule has 0 aromatic carbocycles. The Kier molecular flexibility index (Phi) is 59.4. The average molecular weight is 1000 g/mol. The number of hydrogen-bond acceptors (Lipinski definition) is 5. The molecule has 414 valence electrons. The largest absolute Gasteiger partial charge is 0.462 e. The van der Waals surface area contributed by atoms with Crippen LogP contribution in [0.5, 0.6) is 0 Å². The minimum atomic E-state index is -0.791. The molecular formula is C67H116O5. The molecule has 0 heterocycles. The van der Waals surface area contributed by atoms with Gasteiger partial charge in [-0.15, -0.1) is 0 Å². The quantitative estimate of drug-likeness (QED) is 0.0373. The summed E-state index contributed by atoms with van der Waals surface area (Å²) < 4.78 is 10.7. The van der Waals surface area contributed by atoms with Gasteiger partial charge in [-0.2, -0.15) is 0 Å². The maximum atomic E-state index is 12.3. The molecule has 0 aliphatic rings. The van der Waals surface area contributed by atoms with E-state index in [1.54, 1.807) is 0 Å². The second-order valence-electron chi connectivity index (χ2n) is 20.4. The van der Waals surface area contributed by atoms with Gasteiger partial charge in [0.1, 0.15) is 6.61 Å². The first-order chi connectivity index (χ1) is 35.6. The Balaban J connectivity index is 3.48. The fourth-order valence-electron chi connectivity index (χ4n) is 8.77. The van der Waals surface area contributed by atoms with Crippen molar-refractivity contribution in [2.75, 3.05) is 13.2 Å². The Morgan fingerprint density at radius 1 is 0.333 bits per heavy atom. The molecule has 1 N–H and O–H groups in total. The lowest BCUT2D eigenvalue weighted by atomic mass is 10.0. The fraction of sp³-hybridized carbons (Fsp3) is 0.731. The molecule has 0 saturated heterocycles. The van der Waals surface area contributed by atoms with Crippen molar-refractivity contribution in [1.82, 2.24) is 0 Å². The Bertz CT molecular complexity index is 1360. The van der Waals surface area contributed by atoms with E-state index in [1.807, 2.05) is 0 Å². The van der Waals surface area contributed by atoms with Crippen molar-refractivity contribution < 1.29 is 24.2 Å². The summed E-state index contributed by atoms with van der Waals surface area (Å²) in [7, 11) is 0. The van der Waals surface area contributed by atoms with Gasteiger partial charge in [-0.3, -0.25) is 9.59 Å². The first-order valence-corrected chi connectivity index (χ1v) is 30.8. The molecule has 0 bridgehead atoms. The number of unbranched alkanes of at least 4 members (excludes halogenated alkanes) is 32. The van der Waals surface area contributed by atoms with Gasteiger partial charge in [-0.05, 0) is 96.3 Å². The standard InChI is InChI=1S/C67H116O5/c1-3-5-7-9-11-13-15-17-19-21-23-25-27-28-29-30-31-32-33-34-35-36-37-38-40-41-43-45-47-49-51-53-55-57-59-61-66(69)71-64-65(63-68)72-67(70)62-60-58-56-54-52-50-48-46-44-42-39-26-24-22-20-18-16-14-12-10-8-6-4-2/h6,8,12,14-15,17-18,20-21,23-24,26,42,44,48,50,65,68H,3-5,7,9-11,13,16,19,22,25,27-41,43,45-47,49,51-64H2,1-2H3/b8-6-,14-12-,17-15-,20-18-,23-21-,26-24-,44-42-,50-48-.